The van der Waals surface area contributed by atoms with Crippen molar-refractivity contribution in [3.05, 3.63) is 71.3 Å². The van der Waals surface area contributed by atoms with Crippen molar-refractivity contribution in [1.29, 1.82) is 0 Å². The third kappa shape index (κ3) is 4.05. The molecule has 1 amide bonds. The zero-order valence-electron chi connectivity index (χ0n) is 17.4. The third-order valence-corrected chi connectivity index (χ3v) is 5.78. The van der Waals surface area contributed by atoms with Crippen molar-refractivity contribution in [3.8, 4) is 0 Å². The molecule has 1 aliphatic heterocycles. The van der Waals surface area contributed by atoms with Gasteiger partial charge in [-0.05, 0) is 57.0 Å². The number of nitrogens with zero attached hydrogens (tertiary/aromatic N) is 2. The summed E-state index contributed by atoms with van der Waals surface area (Å²) in [5.41, 5.74) is 5.05. The lowest BCUT2D eigenvalue weighted by atomic mass is 9.95. The molecule has 2 aromatic carbocycles. The van der Waals surface area contributed by atoms with E-state index in [0.29, 0.717) is 24.9 Å². The van der Waals surface area contributed by atoms with Gasteiger partial charge in [0.05, 0.1) is 11.6 Å². The summed E-state index contributed by atoms with van der Waals surface area (Å²) in [7, 11) is 1.73. The van der Waals surface area contributed by atoms with E-state index in [0.717, 1.165) is 31.0 Å². The van der Waals surface area contributed by atoms with E-state index in [9.17, 15) is 13.6 Å². The molecule has 0 aromatic heterocycles. The largest absolute Gasteiger partial charge is 0.443 e. The highest BCUT2D eigenvalue weighted by molar-refractivity contribution is 5.97. The number of amides is 1. The number of carbonyl (C=O) groups is 1. The minimum atomic E-state index is -1.30. The minimum Gasteiger partial charge on any atom is -0.443 e. The molecule has 6 nitrogen and oxygen atoms in total. The molecule has 3 N–H and O–H groups in total. The van der Waals surface area contributed by atoms with Gasteiger partial charge in [-0.3, -0.25) is 4.79 Å². The first-order valence-electron chi connectivity index (χ1n) is 10.5. The molecule has 2 atom stereocenters. The molecule has 164 valence electrons. The number of carbonyl (C=O) groups excluding carboxylic acids is 1. The molecule has 4 rings (SSSR count). The van der Waals surface area contributed by atoms with Crippen LogP contribution in [0.5, 0.6) is 0 Å². The number of hydrogen-bond acceptors (Lipinski definition) is 5. The summed E-state index contributed by atoms with van der Waals surface area (Å²) in [6, 6.07) is 11.8. The average molecular weight is 428 g/mol. The second-order valence-electron chi connectivity index (χ2n) is 7.93. The molecule has 31 heavy (non-hydrogen) atoms. The minimum absolute atomic E-state index is 0.128. The first-order valence-corrected chi connectivity index (χ1v) is 10.5. The zero-order valence-corrected chi connectivity index (χ0v) is 17.4. The lowest BCUT2D eigenvalue weighted by Crippen LogP contribution is -2.52. The predicted molar refractivity (Wildman–Crippen MR) is 113 cm³/mol. The van der Waals surface area contributed by atoms with E-state index in [2.05, 4.69) is 10.4 Å². The van der Waals surface area contributed by atoms with Gasteiger partial charge in [0.1, 0.15) is 11.6 Å². The highest BCUT2D eigenvalue weighted by atomic mass is 19.1. The second-order valence-corrected chi connectivity index (χ2v) is 7.93. The molecule has 1 aliphatic carbocycles. The molecular weight excluding hydrogens is 402 g/mol. The number of ether oxygens (including phenoxy) is 1. The van der Waals surface area contributed by atoms with E-state index >= 15 is 0 Å². The fraction of sp³-hybridized carbons (Fsp3) is 0.391. The zero-order chi connectivity index (χ0) is 22.0. The number of nitrogens with two attached hydrogens (primary N) is 1. The van der Waals surface area contributed by atoms with E-state index in [1.807, 2.05) is 30.3 Å². The van der Waals surface area contributed by atoms with Gasteiger partial charge in [0, 0.05) is 12.0 Å². The van der Waals surface area contributed by atoms with E-state index < -0.39 is 23.4 Å². The van der Waals surface area contributed by atoms with Gasteiger partial charge in [-0.1, -0.05) is 30.3 Å². The Balaban J connectivity index is 1.83. The van der Waals surface area contributed by atoms with Crippen LogP contribution in [0.1, 0.15) is 36.8 Å². The number of nitrogens with one attached hydrogen (secondary N) is 1. The molecule has 1 saturated carbocycles. The van der Waals surface area contributed by atoms with Crippen LogP contribution in [0, 0.1) is 17.6 Å². The van der Waals surface area contributed by atoms with Crippen LogP contribution in [0.4, 0.5) is 8.78 Å². The van der Waals surface area contributed by atoms with Crippen LogP contribution in [0.15, 0.2) is 53.6 Å². The Kier molecular flexibility index (Phi) is 6.02. The molecule has 0 bridgehead atoms. The number of benzene rings is 2. The molecule has 0 radical (unpaired) electrons. The summed E-state index contributed by atoms with van der Waals surface area (Å²) < 4.78 is 34.7. The Hall–Kier alpha value is -2.84. The van der Waals surface area contributed by atoms with E-state index in [-0.39, 0.29) is 23.3 Å². The summed E-state index contributed by atoms with van der Waals surface area (Å²) in [6.45, 7) is 0.377. The van der Waals surface area contributed by atoms with E-state index in [4.69, 9.17) is 10.5 Å². The quantitative estimate of drug-likeness (QED) is 0.677. The first kappa shape index (κ1) is 21.4. The van der Waals surface area contributed by atoms with Gasteiger partial charge in [-0.2, -0.15) is 5.01 Å². The molecule has 0 spiro atoms. The van der Waals surface area contributed by atoms with Crippen LogP contribution < -0.4 is 11.1 Å². The Labute approximate surface area is 180 Å². The predicted octanol–water partition coefficient (Wildman–Crippen LogP) is 3.08. The molecule has 1 heterocycles. The van der Waals surface area contributed by atoms with Crippen LogP contribution in [0.2, 0.25) is 0 Å². The fourth-order valence-corrected chi connectivity index (χ4v) is 4.04. The number of hydrogen-bond donors (Lipinski definition) is 2. The topological polar surface area (TPSA) is 80.0 Å². The van der Waals surface area contributed by atoms with Crippen LogP contribution in [-0.2, 0) is 15.3 Å². The monoisotopic (exact) mass is 428 g/mol. The maximum Gasteiger partial charge on any atom is 0.264 e. The Morgan fingerprint density at radius 1 is 1.29 bits per heavy atom. The highest BCUT2D eigenvalue weighted by Crippen LogP contribution is 2.43. The van der Waals surface area contributed by atoms with Crippen molar-refractivity contribution < 1.29 is 18.3 Å². The molecule has 1 unspecified atom stereocenters. The van der Waals surface area contributed by atoms with Crippen molar-refractivity contribution in [2.45, 2.75) is 37.5 Å². The summed E-state index contributed by atoms with van der Waals surface area (Å²) in [4.78, 5) is 13.6. The van der Waals surface area contributed by atoms with Crippen molar-refractivity contribution in [2.24, 2.45) is 16.8 Å². The summed E-state index contributed by atoms with van der Waals surface area (Å²) in [5.74, 6) is -1.48. The van der Waals surface area contributed by atoms with Gasteiger partial charge in [-0.25, -0.2) is 8.78 Å². The highest BCUT2D eigenvalue weighted by Gasteiger charge is 2.52. The van der Waals surface area contributed by atoms with Gasteiger partial charge < -0.3 is 15.8 Å². The van der Waals surface area contributed by atoms with Gasteiger partial charge in [-0.15, -0.1) is 5.10 Å². The van der Waals surface area contributed by atoms with Gasteiger partial charge in [0.15, 0.2) is 0 Å². The Morgan fingerprint density at radius 3 is 2.68 bits per heavy atom. The molecule has 0 saturated heterocycles. The molecular formula is C23H26F2N4O2. The fourth-order valence-electron chi connectivity index (χ4n) is 4.04. The smallest absolute Gasteiger partial charge is 0.264 e. The van der Waals surface area contributed by atoms with Crippen molar-refractivity contribution in [1.82, 2.24) is 10.3 Å². The van der Waals surface area contributed by atoms with Crippen molar-refractivity contribution in [3.63, 3.8) is 0 Å². The molecule has 8 heteroatoms. The number of rotatable bonds is 8. The van der Waals surface area contributed by atoms with Crippen LogP contribution in [0.25, 0.3) is 0 Å². The summed E-state index contributed by atoms with van der Waals surface area (Å²) in [6.07, 6.45) is 2.79. The number of hydrazone groups is 1. The normalized spacial score (nSPS) is 21.5. The maximum atomic E-state index is 14.6. The second kappa shape index (κ2) is 8.72. The van der Waals surface area contributed by atoms with E-state index in [1.54, 1.807) is 7.05 Å². The molecule has 2 aliphatic rings. The third-order valence-electron chi connectivity index (χ3n) is 5.78. The van der Waals surface area contributed by atoms with Gasteiger partial charge in [0.2, 0.25) is 11.6 Å². The number of halogens is 2. The summed E-state index contributed by atoms with van der Waals surface area (Å²) >= 11 is 0. The first-order chi connectivity index (χ1) is 15.0. The van der Waals surface area contributed by atoms with Crippen LogP contribution >= 0.6 is 0 Å². The SMILES string of the molecule is CN[C@H](C(=O)N1N=C(c2cc(F)ccc2F)OC1(CCCN)c1ccccc1)C1CC1. The standard InChI is InChI=1S/C23H26F2N4O2/c1-27-20(15-8-9-15)22(30)29-23(12-5-13-26,16-6-3-2-4-7-16)31-21(28-29)18-14-17(24)10-11-19(18)25/h2-4,6-7,10-11,14-15,20,27H,5,8-9,12-13,26H2,1H3/t20-,23?/m0/s1. The molecule has 1 fully saturated rings. The van der Waals surface area contributed by atoms with Crippen molar-refractivity contribution >= 4 is 11.8 Å². The lowest BCUT2D eigenvalue weighted by molar-refractivity contribution is -0.155. The lowest BCUT2D eigenvalue weighted by Gasteiger charge is -2.37. The number of likely N-dealkylation sites (N-methyl/N-ethyl adjacent to an activating group) is 1. The maximum absolute atomic E-state index is 14.6. The summed E-state index contributed by atoms with van der Waals surface area (Å²) in [5, 5.41) is 8.80. The van der Waals surface area contributed by atoms with E-state index in [1.165, 1.54) is 5.01 Å². The van der Waals surface area contributed by atoms with Gasteiger partial charge in [0.25, 0.3) is 5.91 Å². The van der Waals surface area contributed by atoms with Crippen LogP contribution in [-0.4, -0.2) is 36.4 Å². The average Bonchev–Trinajstić information content (AvgIpc) is 3.54. The Morgan fingerprint density at radius 2 is 2.03 bits per heavy atom. The van der Waals surface area contributed by atoms with Crippen LogP contribution in [0.3, 0.4) is 0 Å². The Bertz CT molecular complexity index is 981. The van der Waals surface area contributed by atoms with Crippen molar-refractivity contribution in [2.75, 3.05) is 13.6 Å². The van der Waals surface area contributed by atoms with Gasteiger partial charge >= 0.3 is 0 Å². The molecule has 2 aromatic rings.